The molecular weight excluding hydrogens is 492 g/mol. The van der Waals surface area contributed by atoms with Gasteiger partial charge in [-0.1, -0.05) is 0 Å². The van der Waals surface area contributed by atoms with Gasteiger partial charge in [-0.05, 0) is 12.1 Å². The Morgan fingerprint density at radius 3 is 2.59 bits per heavy atom. The number of fused-ring (bicyclic) bond motifs is 1. The molecule has 13 nitrogen and oxygen atoms in total. The highest BCUT2D eigenvalue weighted by Crippen LogP contribution is 2.29. The summed E-state index contributed by atoms with van der Waals surface area (Å²) in [6, 6.07) is 5.44. The van der Waals surface area contributed by atoms with Gasteiger partial charge in [0.1, 0.15) is 11.4 Å². The maximum atomic E-state index is 14.6. The minimum absolute atomic E-state index is 0.120. The number of ether oxygens (including phenoxy) is 1. The molecule has 1 saturated heterocycles. The molecule has 1 aliphatic rings. The number of carbonyl (C=O) groups is 1. The zero-order chi connectivity index (χ0) is 25.9. The number of nitrogens with two attached hydrogens (primary N) is 1. The van der Waals surface area contributed by atoms with E-state index < -0.39 is 24.2 Å². The van der Waals surface area contributed by atoms with Gasteiger partial charge in [-0.15, -0.1) is 5.10 Å². The first-order valence-corrected chi connectivity index (χ1v) is 11.4. The van der Waals surface area contributed by atoms with Crippen molar-refractivity contribution in [2.75, 3.05) is 61.8 Å². The molecule has 4 aromatic rings. The van der Waals surface area contributed by atoms with Crippen LogP contribution in [0.4, 0.5) is 26.4 Å². The highest BCUT2D eigenvalue weighted by Gasteiger charge is 2.23. The molecule has 0 bridgehead atoms. The van der Waals surface area contributed by atoms with Gasteiger partial charge in [-0.25, -0.2) is 13.6 Å². The topological polar surface area (TPSA) is 160 Å². The summed E-state index contributed by atoms with van der Waals surface area (Å²) >= 11 is 0. The van der Waals surface area contributed by atoms with Crippen LogP contribution in [0.3, 0.4) is 0 Å². The van der Waals surface area contributed by atoms with Crippen molar-refractivity contribution >= 4 is 29.3 Å². The van der Waals surface area contributed by atoms with Crippen LogP contribution in [0.2, 0.25) is 0 Å². The summed E-state index contributed by atoms with van der Waals surface area (Å²) in [5, 5.41) is 16.0. The summed E-state index contributed by atoms with van der Waals surface area (Å²) in [6.07, 6.45) is 1.52. The smallest absolute Gasteiger partial charge is 0.341 e. The molecule has 4 N–H and O–H groups in total. The molecule has 0 amide bonds. The molecule has 0 radical (unpaired) electrons. The molecule has 0 aliphatic carbocycles. The molecule has 1 aliphatic heterocycles. The van der Waals surface area contributed by atoms with Gasteiger partial charge in [0.2, 0.25) is 17.7 Å². The van der Waals surface area contributed by atoms with Crippen LogP contribution in [-0.2, 0) is 4.79 Å². The normalized spacial score (nSPS) is 14.3. The lowest BCUT2D eigenvalue weighted by atomic mass is 10.2. The molecule has 0 saturated carbocycles. The third-order valence-electron chi connectivity index (χ3n) is 5.73. The van der Waals surface area contributed by atoms with Gasteiger partial charge >= 0.3 is 5.97 Å². The second-order valence-electron chi connectivity index (χ2n) is 8.20. The number of rotatable bonds is 9. The number of carboxylic acid groups (broad SMARTS) is 1. The number of nitrogens with zero attached hydrogens (tertiary/aromatic N) is 7. The number of nitrogen functional groups attached to an aromatic ring is 1. The molecule has 5 rings (SSSR count). The van der Waals surface area contributed by atoms with Crippen LogP contribution in [0.25, 0.3) is 17.4 Å². The van der Waals surface area contributed by atoms with Gasteiger partial charge in [0, 0.05) is 51.4 Å². The molecular formula is C22H23F2N9O4. The number of anilines is 3. The van der Waals surface area contributed by atoms with E-state index >= 15 is 0 Å². The fraction of sp³-hybridized carbons (Fsp3) is 0.318. The van der Waals surface area contributed by atoms with Gasteiger partial charge in [0.25, 0.3) is 5.78 Å². The Morgan fingerprint density at radius 1 is 1.16 bits per heavy atom. The van der Waals surface area contributed by atoms with Crippen molar-refractivity contribution < 1.29 is 27.8 Å². The first kappa shape index (κ1) is 24.2. The Morgan fingerprint density at radius 2 is 1.92 bits per heavy atom. The molecule has 194 valence electrons. The predicted molar refractivity (Wildman–Crippen MR) is 127 cm³/mol. The Labute approximate surface area is 208 Å². The van der Waals surface area contributed by atoms with E-state index in [1.807, 2.05) is 0 Å². The number of halogens is 2. The zero-order valence-electron chi connectivity index (χ0n) is 19.5. The second-order valence-corrected chi connectivity index (χ2v) is 8.20. The Balaban J connectivity index is 1.14. The number of furan rings is 1. The molecule has 0 atom stereocenters. The number of benzene rings is 1. The highest BCUT2D eigenvalue weighted by atomic mass is 19.1. The minimum Gasteiger partial charge on any atom is -0.482 e. The number of hydrogen-bond donors (Lipinski definition) is 3. The van der Waals surface area contributed by atoms with E-state index in [0.29, 0.717) is 56.8 Å². The van der Waals surface area contributed by atoms with Crippen molar-refractivity contribution in [1.29, 1.82) is 0 Å². The monoisotopic (exact) mass is 515 g/mol. The van der Waals surface area contributed by atoms with Crippen LogP contribution in [0.5, 0.6) is 5.75 Å². The first-order chi connectivity index (χ1) is 17.9. The SMILES string of the molecule is Nc1nc(NCCN2CCN(c3c(F)cc(OCC(=O)O)cc3F)CC2)nc2nc(-c3ccco3)nn12. The number of piperazine rings is 1. The lowest BCUT2D eigenvalue weighted by Crippen LogP contribution is -2.48. The van der Waals surface area contributed by atoms with E-state index in [0.717, 1.165) is 12.1 Å². The lowest BCUT2D eigenvalue weighted by Gasteiger charge is -2.36. The van der Waals surface area contributed by atoms with Crippen LogP contribution >= 0.6 is 0 Å². The van der Waals surface area contributed by atoms with Gasteiger partial charge in [0.05, 0.1) is 6.26 Å². The largest absolute Gasteiger partial charge is 0.482 e. The van der Waals surface area contributed by atoms with E-state index in [1.54, 1.807) is 17.0 Å². The summed E-state index contributed by atoms with van der Waals surface area (Å²) < 4.78 is 40.6. The van der Waals surface area contributed by atoms with Crippen molar-refractivity contribution in [2.45, 2.75) is 0 Å². The highest BCUT2D eigenvalue weighted by molar-refractivity contribution is 5.68. The summed E-state index contributed by atoms with van der Waals surface area (Å²) in [7, 11) is 0. The van der Waals surface area contributed by atoms with Crippen LogP contribution in [0.15, 0.2) is 34.9 Å². The molecule has 3 aromatic heterocycles. The zero-order valence-corrected chi connectivity index (χ0v) is 19.5. The van der Waals surface area contributed by atoms with Crippen molar-refractivity contribution in [3.05, 3.63) is 42.2 Å². The van der Waals surface area contributed by atoms with Gasteiger partial charge in [0.15, 0.2) is 24.0 Å². The fourth-order valence-electron chi connectivity index (χ4n) is 3.99. The average molecular weight is 515 g/mol. The summed E-state index contributed by atoms with van der Waals surface area (Å²) in [5.41, 5.74) is 5.85. The second kappa shape index (κ2) is 10.2. The van der Waals surface area contributed by atoms with E-state index in [1.165, 1.54) is 10.8 Å². The fourth-order valence-corrected chi connectivity index (χ4v) is 3.99. The van der Waals surface area contributed by atoms with E-state index in [2.05, 4.69) is 30.3 Å². The third kappa shape index (κ3) is 5.35. The summed E-state index contributed by atoms with van der Waals surface area (Å²) in [4.78, 5) is 27.2. The number of nitrogens with one attached hydrogen (secondary N) is 1. The van der Waals surface area contributed by atoms with Crippen molar-refractivity contribution in [2.24, 2.45) is 0 Å². The van der Waals surface area contributed by atoms with Crippen molar-refractivity contribution in [3.8, 4) is 17.3 Å². The first-order valence-electron chi connectivity index (χ1n) is 11.4. The molecule has 37 heavy (non-hydrogen) atoms. The van der Waals surface area contributed by atoms with Crippen LogP contribution in [-0.4, -0.2) is 86.4 Å². The number of aliphatic carboxylic acids is 1. The molecule has 0 spiro atoms. The van der Waals surface area contributed by atoms with Gasteiger partial charge < -0.3 is 30.2 Å². The van der Waals surface area contributed by atoms with Crippen LogP contribution in [0, 0.1) is 11.6 Å². The maximum absolute atomic E-state index is 14.6. The Bertz CT molecular complexity index is 1380. The third-order valence-corrected chi connectivity index (χ3v) is 5.73. The molecule has 1 aromatic carbocycles. The van der Waals surface area contributed by atoms with Crippen molar-refractivity contribution in [1.82, 2.24) is 29.5 Å². The lowest BCUT2D eigenvalue weighted by molar-refractivity contribution is -0.139. The van der Waals surface area contributed by atoms with E-state index in [4.69, 9.17) is 20.0 Å². The quantitative estimate of drug-likeness (QED) is 0.294. The maximum Gasteiger partial charge on any atom is 0.341 e. The molecule has 0 unspecified atom stereocenters. The van der Waals surface area contributed by atoms with Crippen LogP contribution < -0.4 is 20.7 Å². The van der Waals surface area contributed by atoms with E-state index in [-0.39, 0.29) is 23.2 Å². The predicted octanol–water partition coefficient (Wildman–Crippen LogP) is 1.34. The van der Waals surface area contributed by atoms with Gasteiger partial charge in [-0.3, -0.25) is 4.90 Å². The van der Waals surface area contributed by atoms with Crippen LogP contribution in [0.1, 0.15) is 0 Å². The Hall–Kier alpha value is -4.53. The van der Waals surface area contributed by atoms with Gasteiger partial charge in [-0.2, -0.15) is 19.5 Å². The van der Waals surface area contributed by atoms with Crippen molar-refractivity contribution in [3.63, 3.8) is 0 Å². The number of carboxylic acids is 1. The standard InChI is InChI=1S/C22H23F2N9O4/c23-14-10-13(37-12-17(34)35)11-15(24)18(14)32-7-5-31(6-8-32)4-3-26-21-28-20(25)33-22(29-21)27-19(30-33)16-2-1-9-36-16/h1-2,9-11H,3-8,12H2,(H,34,35)(H3,25,26,27,28,29,30). The summed E-state index contributed by atoms with van der Waals surface area (Å²) in [5.74, 6) is -1.48. The average Bonchev–Trinajstić information content (AvgIpc) is 3.54. The molecule has 4 heterocycles. The number of hydrogen-bond acceptors (Lipinski definition) is 11. The number of aromatic nitrogens is 5. The summed E-state index contributed by atoms with van der Waals surface area (Å²) in [6.45, 7) is 2.45. The minimum atomic E-state index is -1.23. The Kier molecular flexibility index (Phi) is 6.68. The van der Waals surface area contributed by atoms with E-state index in [9.17, 15) is 13.6 Å². The molecule has 1 fully saturated rings. The molecule has 15 heteroatoms.